The molecule has 1 aromatic carbocycles. The quantitative estimate of drug-likeness (QED) is 0.912. The third-order valence-electron chi connectivity index (χ3n) is 3.96. The summed E-state index contributed by atoms with van der Waals surface area (Å²) in [5.41, 5.74) is 3.33. The van der Waals surface area contributed by atoms with Crippen molar-refractivity contribution in [1.29, 1.82) is 0 Å². The van der Waals surface area contributed by atoms with Crippen LogP contribution >= 0.6 is 0 Å². The number of likely N-dealkylation sites (tertiary alicyclic amines) is 1. The van der Waals surface area contributed by atoms with Crippen LogP contribution in [0.1, 0.15) is 24.2 Å². The first-order valence-corrected chi connectivity index (χ1v) is 7.07. The first kappa shape index (κ1) is 12.6. The lowest BCUT2D eigenvalue weighted by Crippen LogP contribution is -2.24. The lowest BCUT2D eigenvalue weighted by Gasteiger charge is -2.16. The smallest absolute Gasteiger partial charge is 0.135 e. The summed E-state index contributed by atoms with van der Waals surface area (Å²) in [6.07, 6.45) is 2.63. The fourth-order valence-corrected chi connectivity index (χ4v) is 2.91. The second kappa shape index (κ2) is 5.31. The van der Waals surface area contributed by atoms with Crippen LogP contribution in [0.5, 0.6) is 0 Å². The van der Waals surface area contributed by atoms with Crippen molar-refractivity contribution in [2.24, 2.45) is 0 Å². The van der Waals surface area contributed by atoms with E-state index in [2.05, 4.69) is 39.6 Å². The number of hydrogen-bond acceptors (Lipinski definition) is 3. The normalized spacial score (nSPS) is 16.5. The van der Waals surface area contributed by atoms with Crippen LogP contribution in [0.25, 0.3) is 11.0 Å². The van der Waals surface area contributed by atoms with E-state index >= 15 is 0 Å². The Hall–Kier alpha value is -1.39. The number of aliphatic hydroxyl groups is 1. The van der Waals surface area contributed by atoms with Gasteiger partial charge in [-0.05, 0) is 50.6 Å². The van der Waals surface area contributed by atoms with Crippen molar-refractivity contribution < 1.29 is 5.11 Å². The number of rotatable bonds is 4. The second-order valence-corrected chi connectivity index (χ2v) is 5.38. The molecule has 0 atom stereocenters. The molecule has 1 saturated heterocycles. The van der Waals surface area contributed by atoms with Gasteiger partial charge in [-0.1, -0.05) is 6.07 Å². The van der Waals surface area contributed by atoms with E-state index in [1.165, 1.54) is 31.5 Å². The van der Waals surface area contributed by atoms with Crippen LogP contribution < -0.4 is 0 Å². The molecule has 1 aromatic heterocycles. The van der Waals surface area contributed by atoms with Crippen LogP contribution in [0.3, 0.4) is 0 Å². The molecule has 4 heteroatoms. The predicted octanol–water partition coefficient (Wildman–Crippen LogP) is 1.93. The maximum atomic E-state index is 9.48. The van der Waals surface area contributed by atoms with Crippen molar-refractivity contribution in [2.75, 3.05) is 19.6 Å². The molecule has 0 unspecified atom stereocenters. The first-order valence-electron chi connectivity index (χ1n) is 7.07. The molecule has 0 spiro atoms. The third kappa shape index (κ3) is 2.51. The van der Waals surface area contributed by atoms with Crippen molar-refractivity contribution in [2.45, 2.75) is 32.9 Å². The monoisotopic (exact) mass is 259 g/mol. The number of nitrogens with zero attached hydrogens (tertiary/aromatic N) is 3. The molecule has 19 heavy (non-hydrogen) atoms. The molecule has 1 N–H and O–H groups in total. The Labute approximate surface area is 113 Å². The summed E-state index contributed by atoms with van der Waals surface area (Å²) < 4.78 is 2.16. The molecule has 2 heterocycles. The zero-order valence-corrected chi connectivity index (χ0v) is 11.5. The number of hydrogen-bond donors (Lipinski definition) is 1. The molecule has 0 radical (unpaired) electrons. The molecule has 0 aliphatic carbocycles. The van der Waals surface area contributed by atoms with Crippen LogP contribution in [-0.2, 0) is 13.2 Å². The van der Waals surface area contributed by atoms with Gasteiger partial charge in [0.05, 0.1) is 11.0 Å². The van der Waals surface area contributed by atoms with E-state index in [0.717, 1.165) is 29.9 Å². The molecule has 102 valence electrons. The Bertz CT molecular complexity index is 570. The van der Waals surface area contributed by atoms with Crippen molar-refractivity contribution >= 4 is 11.0 Å². The number of imidazole rings is 1. The minimum Gasteiger partial charge on any atom is -0.388 e. The van der Waals surface area contributed by atoms with E-state index < -0.39 is 0 Å². The highest BCUT2D eigenvalue weighted by molar-refractivity contribution is 5.76. The first-order chi connectivity index (χ1) is 9.28. The maximum absolute atomic E-state index is 9.48. The Balaban J connectivity index is 1.87. The fourth-order valence-electron chi connectivity index (χ4n) is 2.91. The van der Waals surface area contributed by atoms with Crippen LogP contribution in [0, 0.1) is 6.92 Å². The van der Waals surface area contributed by atoms with Gasteiger partial charge in [-0.3, -0.25) is 0 Å². The summed E-state index contributed by atoms with van der Waals surface area (Å²) >= 11 is 0. The SMILES string of the molecule is Cc1ccc2c(c1)nc(CO)n2CCN1CCCC1. The van der Waals surface area contributed by atoms with Crippen molar-refractivity contribution in [3.63, 3.8) is 0 Å². The van der Waals surface area contributed by atoms with Crippen LogP contribution in [0.4, 0.5) is 0 Å². The average molecular weight is 259 g/mol. The predicted molar refractivity (Wildman–Crippen MR) is 76.1 cm³/mol. The molecule has 0 saturated carbocycles. The van der Waals surface area contributed by atoms with Gasteiger partial charge in [0.1, 0.15) is 12.4 Å². The maximum Gasteiger partial charge on any atom is 0.135 e. The molecule has 1 fully saturated rings. The summed E-state index contributed by atoms with van der Waals surface area (Å²) in [6.45, 7) is 6.46. The Morgan fingerprint density at radius 2 is 2.00 bits per heavy atom. The van der Waals surface area contributed by atoms with E-state index in [-0.39, 0.29) is 6.61 Å². The van der Waals surface area contributed by atoms with Gasteiger partial charge in [0, 0.05) is 13.1 Å². The van der Waals surface area contributed by atoms with Crippen molar-refractivity contribution in [1.82, 2.24) is 14.5 Å². The third-order valence-corrected chi connectivity index (χ3v) is 3.96. The highest BCUT2D eigenvalue weighted by atomic mass is 16.3. The molecule has 0 amide bonds. The van der Waals surface area contributed by atoms with Crippen LogP contribution in [0.15, 0.2) is 18.2 Å². The zero-order chi connectivity index (χ0) is 13.2. The minimum atomic E-state index is 0.00767. The number of benzene rings is 1. The summed E-state index contributed by atoms with van der Waals surface area (Å²) in [5, 5.41) is 9.48. The standard InChI is InChI=1S/C15H21N3O/c1-12-4-5-14-13(10-12)16-15(11-19)18(14)9-8-17-6-2-3-7-17/h4-5,10,19H,2-3,6-9,11H2,1H3. The molecule has 0 bridgehead atoms. The lowest BCUT2D eigenvalue weighted by molar-refractivity contribution is 0.260. The second-order valence-electron chi connectivity index (χ2n) is 5.38. The summed E-state index contributed by atoms with van der Waals surface area (Å²) in [7, 11) is 0. The van der Waals surface area contributed by atoms with Gasteiger partial charge in [0.25, 0.3) is 0 Å². The van der Waals surface area contributed by atoms with E-state index in [0.29, 0.717) is 0 Å². The lowest BCUT2D eigenvalue weighted by atomic mass is 10.2. The van der Waals surface area contributed by atoms with Gasteiger partial charge in [-0.25, -0.2) is 4.98 Å². The topological polar surface area (TPSA) is 41.3 Å². The molecule has 3 rings (SSSR count). The highest BCUT2D eigenvalue weighted by Crippen LogP contribution is 2.18. The Morgan fingerprint density at radius 3 is 2.74 bits per heavy atom. The van der Waals surface area contributed by atoms with Crippen molar-refractivity contribution in [3.05, 3.63) is 29.6 Å². The van der Waals surface area contributed by atoms with Gasteiger partial charge in [-0.2, -0.15) is 0 Å². The summed E-state index contributed by atoms with van der Waals surface area (Å²) in [5.74, 6) is 0.778. The zero-order valence-electron chi connectivity index (χ0n) is 11.5. The highest BCUT2D eigenvalue weighted by Gasteiger charge is 2.14. The van der Waals surface area contributed by atoms with E-state index in [1.54, 1.807) is 0 Å². The van der Waals surface area contributed by atoms with E-state index in [1.807, 2.05) is 0 Å². The summed E-state index contributed by atoms with van der Waals surface area (Å²) in [6, 6.07) is 6.30. The Kier molecular flexibility index (Phi) is 3.53. The van der Waals surface area contributed by atoms with Gasteiger partial charge >= 0.3 is 0 Å². The Morgan fingerprint density at radius 1 is 1.21 bits per heavy atom. The average Bonchev–Trinajstić information content (AvgIpc) is 3.02. The number of fused-ring (bicyclic) bond motifs is 1. The van der Waals surface area contributed by atoms with Crippen LogP contribution in [0.2, 0.25) is 0 Å². The van der Waals surface area contributed by atoms with E-state index in [4.69, 9.17) is 0 Å². The minimum absolute atomic E-state index is 0.00767. The molecule has 1 aliphatic rings. The molecule has 1 aliphatic heterocycles. The largest absolute Gasteiger partial charge is 0.388 e. The number of aliphatic hydroxyl groups excluding tert-OH is 1. The number of aryl methyl sites for hydroxylation is 1. The van der Waals surface area contributed by atoms with Gasteiger partial charge < -0.3 is 14.6 Å². The van der Waals surface area contributed by atoms with Crippen LogP contribution in [-0.4, -0.2) is 39.2 Å². The molecular formula is C15H21N3O. The van der Waals surface area contributed by atoms with Gasteiger partial charge in [-0.15, -0.1) is 0 Å². The summed E-state index contributed by atoms with van der Waals surface area (Å²) in [4.78, 5) is 7.02. The molecule has 4 nitrogen and oxygen atoms in total. The van der Waals surface area contributed by atoms with Gasteiger partial charge in [0.15, 0.2) is 0 Å². The molecule has 2 aromatic rings. The fraction of sp³-hybridized carbons (Fsp3) is 0.533. The van der Waals surface area contributed by atoms with Crippen molar-refractivity contribution in [3.8, 4) is 0 Å². The number of aromatic nitrogens is 2. The van der Waals surface area contributed by atoms with Gasteiger partial charge in [0.2, 0.25) is 0 Å². The van der Waals surface area contributed by atoms with E-state index in [9.17, 15) is 5.11 Å². The molecular weight excluding hydrogens is 238 g/mol.